The molecule has 1 atom stereocenters. The lowest BCUT2D eigenvalue weighted by Gasteiger charge is -2.07. The lowest BCUT2D eigenvalue weighted by molar-refractivity contribution is -0.139. The number of fused-ring (bicyclic) bond motifs is 1. The standard InChI is InChI=1S/C20H18N2O5S2/c23-18(13-5-6-28-10-13)17-4-2-14(29-17)9-22-20(25)19(24)21-8-12-1-3-15-16(7-12)27-11-26-15/h1-7,10,18,23H,8-9,11H2,(H,21,24)(H,22,25). The Kier molecular flexibility index (Phi) is 5.79. The second-order valence-corrected chi connectivity index (χ2v) is 8.30. The summed E-state index contributed by atoms with van der Waals surface area (Å²) < 4.78 is 10.5. The number of hydrogen-bond donors (Lipinski definition) is 3. The zero-order chi connectivity index (χ0) is 20.2. The van der Waals surface area contributed by atoms with E-state index in [1.807, 2.05) is 29.0 Å². The molecule has 2 amide bonds. The van der Waals surface area contributed by atoms with E-state index in [4.69, 9.17) is 9.47 Å². The van der Waals surface area contributed by atoms with E-state index in [2.05, 4.69) is 10.6 Å². The minimum Gasteiger partial charge on any atom is -0.454 e. The lowest BCUT2D eigenvalue weighted by Crippen LogP contribution is -2.39. The zero-order valence-corrected chi connectivity index (χ0v) is 16.8. The maximum Gasteiger partial charge on any atom is 0.309 e. The summed E-state index contributed by atoms with van der Waals surface area (Å²) in [5, 5.41) is 19.3. The number of thiophene rings is 2. The third-order valence-corrected chi connectivity index (χ3v) is 6.17. The summed E-state index contributed by atoms with van der Waals surface area (Å²) in [7, 11) is 0. The molecule has 4 rings (SSSR count). The van der Waals surface area contributed by atoms with E-state index < -0.39 is 17.9 Å². The SMILES string of the molecule is O=C(NCc1ccc2c(c1)OCO2)C(=O)NCc1ccc(C(O)c2ccsc2)s1. The van der Waals surface area contributed by atoms with Crippen LogP contribution in [0.3, 0.4) is 0 Å². The number of carbonyl (C=O) groups is 2. The van der Waals surface area contributed by atoms with E-state index in [1.165, 1.54) is 22.7 Å². The van der Waals surface area contributed by atoms with Gasteiger partial charge in [0.25, 0.3) is 0 Å². The van der Waals surface area contributed by atoms with Crippen LogP contribution in [0.1, 0.15) is 27.0 Å². The molecule has 3 N–H and O–H groups in total. The molecule has 3 aromatic rings. The first-order chi connectivity index (χ1) is 14.1. The van der Waals surface area contributed by atoms with E-state index in [1.54, 1.807) is 18.2 Å². The van der Waals surface area contributed by atoms with Crippen LogP contribution < -0.4 is 20.1 Å². The van der Waals surface area contributed by atoms with Crippen LogP contribution in [0.5, 0.6) is 11.5 Å². The monoisotopic (exact) mass is 430 g/mol. The first kappa shape index (κ1) is 19.4. The highest BCUT2D eigenvalue weighted by Crippen LogP contribution is 2.32. The van der Waals surface area contributed by atoms with Gasteiger partial charge in [0.1, 0.15) is 6.10 Å². The quantitative estimate of drug-likeness (QED) is 0.522. The number of aliphatic hydroxyl groups is 1. The topological polar surface area (TPSA) is 96.9 Å². The van der Waals surface area contributed by atoms with Crippen LogP contribution in [0.15, 0.2) is 47.2 Å². The van der Waals surface area contributed by atoms with Crippen molar-refractivity contribution in [2.24, 2.45) is 0 Å². The maximum atomic E-state index is 12.0. The van der Waals surface area contributed by atoms with Crippen LogP contribution in [0, 0.1) is 0 Å². The second-order valence-electron chi connectivity index (χ2n) is 6.32. The van der Waals surface area contributed by atoms with E-state index in [-0.39, 0.29) is 19.9 Å². The van der Waals surface area contributed by atoms with Crippen molar-refractivity contribution in [1.82, 2.24) is 10.6 Å². The van der Waals surface area contributed by atoms with Gasteiger partial charge in [-0.05, 0) is 52.2 Å². The third kappa shape index (κ3) is 4.58. The highest BCUT2D eigenvalue weighted by atomic mass is 32.1. The fourth-order valence-corrected chi connectivity index (χ4v) is 4.44. The predicted molar refractivity (Wildman–Crippen MR) is 109 cm³/mol. The average Bonchev–Trinajstić information content (AvgIpc) is 3.50. The molecule has 3 heterocycles. The van der Waals surface area contributed by atoms with Crippen LogP contribution in [0.4, 0.5) is 0 Å². The molecule has 0 aliphatic carbocycles. The molecule has 0 bridgehead atoms. The minimum atomic E-state index is -0.710. The smallest absolute Gasteiger partial charge is 0.309 e. The van der Waals surface area contributed by atoms with Gasteiger partial charge in [-0.15, -0.1) is 11.3 Å². The van der Waals surface area contributed by atoms with Gasteiger partial charge in [-0.2, -0.15) is 11.3 Å². The van der Waals surface area contributed by atoms with Crippen molar-refractivity contribution in [3.63, 3.8) is 0 Å². The van der Waals surface area contributed by atoms with Gasteiger partial charge in [0.15, 0.2) is 11.5 Å². The Morgan fingerprint density at radius 3 is 2.62 bits per heavy atom. The Labute approximate surface area is 174 Å². The van der Waals surface area contributed by atoms with Crippen molar-refractivity contribution in [1.29, 1.82) is 0 Å². The van der Waals surface area contributed by atoms with E-state index in [9.17, 15) is 14.7 Å². The van der Waals surface area contributed by atoms with Gasteiger partial charge in [0.05, 0.1) is 6.54 Å². The van der Waals surface area contributed by atoms with Gasteiger partial charge >= 0.3 is 11.8 Å². The largest absolute Gasteiger partial charge is 0.454 e. The number of aliphatic hydroxyl groups excluding tert-OH is 1. The fourth-order valence-electron chi connectivity index (χ4n) is 2.79. The Bertz CT molecular complexity index is 1020. The van der Waals surface area contributed by atoms with E-state index in [0.29, 0.717) is 11.5 Å². The molecule has 0 saturated heterocycles. The number of nitrogens with one attached hydrogen (secondary N) is 2. The van der Waals surface area contributed by atoms with Gasteiger partial charge in [-0.3, -0.25) is 9.59 Å². The van der Waals surface area contributed by atoms with Crippen molar-refractivity contribution in [2.45, 2.75) is 19.2 Å². The molecule has 1 unspecified atom stereocenters. The molecule has 2 aromatic heterocycles. The summed E-state index contributed by atoms with van der Waals surface area (Å²) in [4.78, 5) is 25.7. The molecule has 1 aromatic carbocycles. The number of benzene rings is 1. The molecule has 0 saturated carbocycles. The van der Waals surface area contributed by atoms with Crippen molar-refractivity contribution in [2.75, 3.05) is 6.79 Å². The molecule has 1 aliphatic rings. The van der Waals surface area contributed by atoms with Crippen LogP contribution in [0.25, 0.3) is 0 Å². The molecule has 9 heteroatoms. The maximum absolute atomic E-state index is 12.0. The van der Waals surface area contributed by atoms with Gasteiger partial charge in [-0.1, -0.05) is 6.07 Å². The van der Waals surface area contributed by atoms with Crippen LogP contribution >= 0.6 is 22.7 Å². The number of ether oxygens (including phenoxy) is 2. The van der Waals surface area contributed by atoms with Crippen LogP contribution in [-0.4, -0.2) is 23.7 Å². The zero-order valence-electron chi connectivity index (χ0n) is 15.2. The van der Waals surface area contributed by atoms with Gasteiger partial charge in [-0.25, -0.2) is 0 Å². The Hall–Kier alpha value is -2.88. The molecule has 0 radical (unpaired) electrons. The first-order valence-electron chi connectivity index (χ1n) is 8.83. The highest BCUT2D eigenvalue weighted by molar-refractivity contribution is 7.12. The van der Waals surface area contributed by atoms with Gasteiger partial charge in [0, 0.05) is 16.3 Å². The average molecular weight is 431 g/mol. The normalized spacial score (nSPS) is 13.1. The minimum absolute atomic E-state index is 0.183. The van der Waals surface area contributed by atoms with Crippen molar-refractivity contribution in [3.8, 4) is 11.5 Å². The van der Waals surface area contributed by atoms with Crippen molar-refractivity contribution >= 4 is 34.5 Å². The summed E-state index contributed by atoms with van der Waals surface area (Å²) in [6.45, 7) is 0.610. The number of hydrogen-bond acceptors (Lipinski definition) is 7. The molecule has 7 nitrogen and oxygen atoms in total. The molecule has 0 spiro atoms. The predicted octanol–water partition coefficient (Wildman–Crippen LogP) is 2.55. The number of carbonyl (C=O) groups excluding carboxylic acids is 2. The number of rotatable bonds is 6. The van der Waals surface area contributed by atoms with Crippen molar-refractivity contribution in [3.05, 3.63) is 68.0 Å². The second kappa shape index (κ2) is 8.64. The van der Waals surface area contributed by atoms with Crippen LogP contribution in [0.2, 0.25) is 0 Å². The van der Waals surface area contributed by atoms with Gasteiger partial charge in [0.2, 0.25) is 6.79 Å². The molecular formula is C20H18N2O5S2. The summed E-state index contributed by atoms with van der Waals surface area (Å²) in [5.41, 5.74) is 1.65. The van der Waals surface area contributed by atoms with Gasteiger partial charge < -0.3 is 25.2 Å². The number of amides is 2. The molecule has 1 aliphatic heterocycles. The third-order valence-electron chi connectivity index (χ3n) is 4.33. The Balaban J connectivity index is 1.26. The summed E-state index contributed by atoms with van der Waals surface area (Å²) >= 11 is 2.92. The van der Waals surface area contributed by atoms with E-state index in [0.717, 1.165) is 20.9 Å². The Morgan fingerprint density at radius 2 is 1.83 bits per heavy atom. The molecule has 29 heavy (non-hydrogen) atoms. The molecule has 150 valence electrons. The van der Waals surface area contributed by atoms with Crippen molar-refractivity contribution < 1.29 is 24.2 Å². The molecule has 0 fully saturated rings. The highest BCUT2D eigenvalue weighted by Gasteiger charge is 2.17. The lowest BCUT2D eigenvalue weighted by atomic mass is 10.2. The fraction of sp³-hybridized carbons (Fsp3) is 0.200. The summed E-state index contributed by atoms with van der Waals surface area (Å²) in [6, 6.07) is 10.9. The van der Waals surface area contributed by atoms with E-state index >= 15 is 0 Å². The Morgan fingerprint density at radius 1 is 1.03 bits per heavy atom. The summed E-state index contributed by atoms with van der Waals surface area (Å²) in [5.74, 6) is -0.131. The first-order valence-corrected chi connectivity index (χ1v) is 10.6. The van der Waals surface area contributed by atoms with Crippen LogP contribution in [-0.2, 0) is 22.7 Å². The molecular weight excluding hydrogens is 412 g/mol. The summed E-state index contributed by atoms with van der Waals surface area (Å²) in [6.07, 6.45) is -0.680.